The fourth-order valence-electron chi connectivity index (χ4n) is 1.14. The molecule has 0 spiro atoms. The molecule has 0 aliphatic heterocycles. The molecule has 3 heteroatoms. The van der Waals surface area contributed by atoms with E-state index >= 15 is 0 Å². The Balaban J connectivity index is 2.67. The van der Waals surface area contributed by atoms with Gasteiger partial charge in [-0.2, -0.15) is 0 Å². The highest BCUT2D eigenvalue weighted by atomic mass is 19.1. The van der Waals surface area contributed by atoms with Gasteiger partial charge in [0.15, 0.2) is 0 Å². The molecule has 1 aromatic rings. The van der Waals surface area contributed by atoms with Crippen molar-refractivity contribution in [1.82, 2.24) is 5.32 Å². The van der Waals surface area contributed by atoms with Crippen LogP contribution in [-0.2, 0) is 6.67 Å². The molecule has 0 amide bonds. The van der Waals surface area contributed by atoms with Crippen molar-refractivity contribution in [3.63, 3.8) is 0 Å². The zero-order valence-electron chi connectivity index (χ0n) is 7.63. The van der Waals surface area contributed by atoms with Gasteiger partial charge in [0.05, 0.1) is 6.10 Å². The molecule has 2 N–H and O–H groups in total. The summed E-state index contributed by atoms with van der Waals surface area (Å²) in [5.41, 5.74) is 1.45. The number of aliphatic hydroxyl groups is 1. The van der Waals surface area contributed by atoms with E-state index in [0.717, 1.165) is 5.56 Å². The first-order valence-corrected chi connectivity index (χ1v) is 4.25. The fraction of sp³-hybridized carbons (Fsp3) is 0.400. The zero-order chi connectivity index (χ0) is 9.68. The van der Waals surface area contributed by atoms with Gasteiger partial charge in [0, 0.05) is 6.54 Å². The van der Waals surface area contributed by atoms with E-state index in [-0.39, 0.29) is 0 Å². The van der Waals surface area contributed by atoms with Crippen LogP contribution in [0.4, 0.5) is 4.39 Å². The highest BCUT2D eigenvalue weighted by Crippen LogP contribution is 2.13. The van der Waals surface area contributed by atoms with Gasteiger partial charge in [-0.15, -0.1) is 0 Å². The lowest BCUT2D eigenvalue weighted by Crippen LogP contribution is -2.16. The van der Waals surface area contributed by atoms with E-state index in [1.54, 1.807) is 31.3 Å². The van der Waals surface area contributed by atoms with Gasteiger partial charge in [-0.25, -0.2) is 4.39 Å². The summed E-state index contributed by atoms with van der Waals surface area (Å²) in [6, 6.07) is 6.87. The summed E-state index contributed by atoms with van der Waals surface area (Å²) in [6.07, 6.45) is -0.515. The van der Waals surface area contributed by atoms with E-state index in [1.165, 1.54) is 0 Å². The van der Waals surface area contributed by atoms with E-state index in [9.17, 15) is 9.50 Å². The largest absolute Gasteiger partial charge is 0.387 e. The Morgan fingerprint density at radius 2 is 2.00 bits per heavy atom. The van der Waals surface area contributed by atoms with Crippen LogP contribution in [0.1, 0.15) is 17.2 Å². The standard InChI is InChI=1S/C10H14FNO/c1-12-7-10(13)9-4-2-8(6-11)3-5-9/h2-5,10,12-13H,6-7H2,1H3. The molecule has 0 aromatic heterocycles. The second-order valence-electron chi connectivity index (χ2n) is 2.95. The molecule has 0 heterocycles. The summed E-state index contributed by atoms with van der Waals surface area (Å²) < 4.78 is 12.1. The second kappa shape index (κ2) is 4.94. The van der Waals surface area contributed by atoms with Crippen molar-refractivity contribution in [2.45, 2.75) is 12.8 Å². The lowest BCUT2D eigenvalue weighted by Gasteiger charge is -2.09. The third kappa shape index (κ3) is 2.79. The molecule has 72 valence electrons. The maximum Gasteiger partial charge on any atom is 0.115 e. The van der Waals surface area contributed by atoms with Crippen LogP contribution in [0.2, 0.25) is 0 Å². The molecule has 1 aromatic carbocycles. The van der Waals surface area contributed by atoms with Crippen molar-refractivity contribution < 1.29 is 9.50 Å². The molecule has 0 bridgehead atoms. The topological polar surface area (TPSA) is 32.3 Å². The Morgan fingerprint density at radius 3 is 2.46 bits per heavy atom. The number of alkyl halides is 1. The first-order chi connectivity index (χ1) is 6.27. The third-order valence-electron chi connectivity index (χ3n) is 1.92. The van der Waals surface area contributed by atoms with Crippen LogP contribution in [0.5, 0.6) is 0 Å². The maximum atomic E-state index is 12.1. The molecule has 2 nitrogen and oxygen atoms in total. The molecule has 0 saturated carbocycles. The molecular formula is C10H14FNO. The van der Waals surface area contributed by atoms with Crippen molar-refractivity contribution >= 4 is 0 Å². The Bertz CT molecular complexity index is 248. The number of hydrogen-bond acceptors (Lipinski definition) is 2. The van der Waals surface area contributed by atoms with E-state index in [1.807, 2.05) is 0 Å². The third-order valence-corrected chi connectivity index (χ3v) is 1.92. The normalized spacial score (nSPS) is 12.8. The van der Waals surface area contributed by atoms with Crippen molar-refractivity contribution in [2.75, 3.05) is 13.6 Å². The lowest BCUT2D eigenvalue weighted by atomic mass is 10.1. The maximum absolute atomic E-state index is 12.1. The predicted molar refractivity (Wildman–Crippen MR) is 50.1 cm³/mol. The molecule has 0 fully saturated rings. The fourth-order valence-corrected chi connectivity index (χ4v) is 1.14. The molecule has 1 rings (SSSR count). The minimum Gasteiger partial charge on any atom is -0.387 e. The van der Waals surface area contributed by atoms with Crippen molar-refractivity contribution in [2.24, 2.45) is 0 Å². The number of likely N-dealkylation sites (N-methyl/N-ethyl adjacent to an activating group) is 1. The molecular weight excluding hydrogens is 169 g/mol. The number of nitrogens with one attached hydrogen (secondary N) is 1. The number of hydrogen-bond donors (Lipinski definition) is 2. The Morgan fingerprint density at radius 1 is 1.38 bits per heavy atom. The number of rotatable bonds is 4. The minimum absolute atomic E-state index is 0.456. The van der Waals surface area contributed by atoms with Crippen LogP contribution >= 0.6 is 0 Å². The van der Waals surface area contributed by atoms with E-state index < -0.39 is 12.8 Å². The van der Waals surface area contributed by atoms with Gasteiger partial charge >= 0.3 is 0 Å². The summed E-state index contributed by atoms with van der Waals surface area (Å²) >= 11 is 0. The van der Waals surface area contributed by atoms with Crippen molar-refractivity contribution in [3.8, 4) is 0 Å². The quantitative estimate of drug-likeness (QED) is 0.739. The molecule has 0 radical (unpaired) electrons. The number of aliphatic hydroxyl groups excluding tert-OH is 1. The Hall–Kier alpha value is -0.930. The highest BCUT2D eigenvalue weighted by molar-refractivity contribution is 5.23. The van der Waals surface area contributed by atoms with Crippen molar-refractivity contribution in [3.05, 3.63) is 35.4 Å². The van der Waals surface area contributed by atoms with Gasteiger partial charge < -0.3 is 10.4 Å². The zero-order valence-corrected chi connectivity index (χ0v) is 7.63. The van der Waals surface area contributed by atoms with Crippen LogP contribution in [0.25, 0.3) is 0 Å². The summed E-state index contributed by atoms with van der Waals surface area (Å²) in [5.74, 6) is 0. The van der Waals surface area contributed by atoms with Crippen molar-refractivity contribution in [1.29, 1.82) is 0 Å². The summed E-state index contributed by atoms with van der Waals surface area (Å²) in [6.45, 7) is 0.0530. The monoisotopic (exact) mass is 183 g/mol. The van der Waals surface area contributed by atoms with Crippen LogP contribution < -0.4 is 5.32 Å². The van der Waals surface area contributed by atoms with Crippen LogP contribution in [0.15, 0.2) is 24.3 Å². The SMILES string of the molecule is CNCC(O)c1ccc(CF)cc1. The molecule has 1 unspecified atom stereocenters. The van der Waals surface area contributed by atoms with Gasteiger partial charge in [0.1, 0.15) is 6.67 Å². The van der Waals surface area contributed by atoms with E-state index in [4.69, 9.17) is 0 Å². The first kappa shape index (κ1) is 10.2. The van der Waals surface area contributed by atoms with Gasteiger partial charge in [-0.1, -0.05) is 24.3 Å². The molecule has 0 saturated heterocycles. The predicted octanol–water partition coefficient (Wildman–Crippen LogP) is 1.41. The minimum atomic E-state index is -0.515. The molecule has 13 heavy (non-hydrogen) atoms. The Kier molecular flexibility index (Phi) is 3.86. The summed E-state index contributed by atoms with van der Waals surface area (Å²) in [4.78, 5) is 0. The lowest BCUT2D eigenvalue weighted by molar-refractivity contribution is 0.178. The van der Waals surface area contributed by atoms with Gasteiger partial charge in [-0.05, 0) is 18.2 Å². The van der Waals surface area contributed by atoms with Crippen LogP contribution in [0.3, 0.4) is 0 Å². The summed E-state index contributed by atoms with van der Waals surface area (Å²) in [7, 11) is 1.78. The number of benzene rings is 1. The smallest absolute Gasteiger partial charge is 0.115 e. The average Bonchev–Trinajstić information content (AvgIpc) is 2.18. The van der Waals surface area contributed by atoms with Gasteiger partial charge in [0.2, 0.25) is 0 Å². The average molecular weight is 183 g/mol. The Labute approximate surface area is 77.4 Å². The van der Waals surface area contributed by atoms with Gasteiger partial charge in [-0.3, -0.25) is 0 Å². The van der Waals surface area contributed by atoms with Gasteiger partial charge in [0.25, 0.3) is 0 Å². The van der Waals surface area contributed by atoms with Crippen LogP contribution in [0, 0.1) is 0 Å². The molecule has 0 aliphatic rings. The second-order valence-corrected chi connectivity index (χ2v) is 2.95. The first-order valence-electron chi connectivity index (χ1n) is 4.25. The highest BCUT2D eigenvalue weighted by Gasteiger charge is 2.04. The van der Waals surface area contributed by atoms with E-state index in [2.05, 4.69) is 5.32 Å². The van der Waals surface area contributed by atoms with Crippen LogP contribution in [-0.4, -0.2) is 18.7 Å². The molecule has 1 atom stereocenters. The summed E-state index contributed by atoms with van der Waals surface area (Å²) in [5, 5.41) is 12.4. The molecule has 0 aliphatic carbocycles. The van der Waals surface area contributed by atoms with E-state index in [0.29, 0.717) is 12.1 Å². The number of halogens is 1.